The number of rotatable bonds is 5. The lowest BCUT2D eigenvalue weighted by molar-refractivity contribution is -0.115. The van der Waals surface area contributed by atoms with E-state index in [9.17, 15) is 22.0 Å². The van der Waals surface area contributed by atoms with Gasteiger partial charge in [0.1, 0.15) is 11.6 Å². The molecular weight excluding hydrogens is 280 g/mol. The van der Waals surface area contributed by atoms with Gasteiger partial charge in [0.05, 0.1) is 12.2 Å². The number of nitrogens with one attached hydrogen (secondary N) is 2. The standard InChI is InChI=1S/C10H13F2N3O3S/c1-15(2)19(17,18)13-6-10(16)14-9-4-3-7(11)5-8(9)12/h3-5,13H,6H2,1-2H3,(H,14,16). The lowest BCUT2D eigenvalue weighted by atomic mass is 10.3. The Morgan fingerprint density at radius 1 is 1.32 bits per heavy atom. The summed E-state index contributed by atoms with van der Waals surface area (Å²) in [5, 5.41) is 2.12. The fourth-order valence-electron chi connectivity index (χ4n) is 1.07. The van der Waals surface area contributed by atoms with E-state index in [-0.39, 0.29) is 5.69 Å². The van der Waals surface area contributed by atoms with Crippen LogP contribution < -0.4 is 10.0 Å². The van der Waals surface area contributed by atoms with Crippen LogP contribution in [0.3, 0.4) is 0 Å². The Morgan fingerprint density at radius 3 is 2.47 bits per heavy atom. The maximum Gasteiger partial charge on any atom is 0.279 e. The van der Waals surface area contributed by atoms with Crippen LogP contribution in [0, 0.1) is 11.6 Å². The van der Waals surface area contributed by atoms with Gasteiger partial charge in [0, 0.05) is 20.2 Å². The van der Waals surface area contributed by atoms with Crippen LogP contribution in [-0.2, 0) is 15.0 Å². The second-order valence-electron chi connectivity index (χ2n) is 3.78. The first-order valence-electron chi connectivity index (χ1n) is 5.14. The van der Waals surface area contributed by atoms with Crippen molar-refractivity contribution in [3.8, 4) is 0 Å². The van der Waals surface area contributed by atoms with Crippen LogP contribution in [0.15, 0.2) is 18.2 Å². The molecule has 0 aliphatic carbocycles. The van der Waals surface area contributed by atoms with Crippen molar-refractivity contribution in [2.75, 3.05) is 26.0 Å². The summed E-state index contributed by atoms with van der Waals surface area (Å²) >= 11 is 0. The highest BCUT2D eigenvalue weighted by Gasteiger charge is 2.15. The second-order valence-corrected chi connectivity index (χ2v) is 5.75. The number of anilines is 1. The first kappa shape index (κ1) is 15.5. The smallest absolute Gasteiger partial charge is 0.279 e. The molecule has 0 aliphatic heterocycles. The van der Waals surface area contributed by atoms with Gasteiger partial charge in [-0.2, -0.15) is 17.4 Å². The highest BCUT2D eigenvalue weighted by Crippen LogP contribution is 2.14. The third kappa shape index (κ3) is 4.54. The fourth-order valence-corrected chi connectivity index (χ4v) is 1.64. The average molecular weight is 293 g/mol. The van der Waals surface area contributed by atoms with Crippen molar-refractivity contribution in [1.29, 1.82) is 0 Å². The summed E-state index contributed by atoms with van der Waals surface area (Å²) in [5.41, 5.74) is -0.226. The van der Waals surface area contributed by atoms with Gasteiger partial charge in [-0.1, -0.05) is 0 Å². The minimum absolute atomic E-state index is 0.226. The van der Waals surface area contributed by atoms with Crippen LogP contribution in [0.1, 0.15) is 0 Å². The molecule has 106 valence electrons. The lowest BCUT2D eigenvalue weighted by Gasteiger charge is -2.12. The van der Waals surface area contributed by atoms with E-state index in [2.05, 4.69) is 5.32 Å². The average Bonchev–Trinajstić information content (AvgIpc) is 2.30. The molecule has 0 unspecified atom stereocenters. The molecule has 0 atom stereocenters. The van der Waals surface area contributed by atoms with Crippen LogP contribution in [0.5, 0.6) is 0 Å². The number of carbonyl (C=O) groups excluding carboxylic acids is 1. The van der Waals surface area contributed by atoms with Crippen molar-refractivity contribution in [2.24, 2.45) is 0 Å². The van der Waals surface area contributed by atoms with E-state index in [4.69, 9.17) is 0 Å². The minimum Gasteiger partial charge on any atom is -0.322 e. The Labute approximate surface area is 109 Å². The zero-order valence-corrected chi connectivity index (χ0v) is 11.1. The van der Waals surface area contributed by atoms with E-state index in [1.54, 1.807) is 0 Å². The first-order valence-corrected chi connectivity index (χ1v) is 6.58. The lowest BCUT2D eigenvalue weighted by Crippen LogP contribution is -2.40. The number of nitrogens with zero attached hydrogens (tertiary/aromatic N) is 1. The second kappa shape index (κ2) is 6.04. The van der Waals surface area contributed by atoms with Crippen LogP contribution in [-0.4, -0.2) is 39.3 Å². The number of halogens is 2. The van der Waals surface area contributed by atoms with E-state index in [1.807, 2.05) is 4.72 Å². The number of hydrogen-bond donors (Lipinski definition) is 2. The third-order valence-corrected chi connectivity index (χ3v) is 3.57. The normalized spacial score (nSPS) is 11.6. The molecule has 9 heteroatoms. The van der Waals surface area contributed by atoms with Crippen molar-refractivity contribution in [3.05, 3.63) is 29.8 Å². The Kier molecular flexibility index (Phi) is 4.92. The Hall–Kier alpha value is -1.58. The fraction of sp³-hybridized carbons (Fsp3) is 0.300. The molecule has 0 spiro atoms. The van der Waals surface area contributed by atoms with Crippen molar-refractivity contribution in [3.63, 3.8) is 0 Å². The van der Waals surface area contributed by atoms with Gasteiger partial charge in [-0.25, -0.2) is 8.78 Å². The Bertz CT molecular complexity index is 575. The maximum absolute atomic E-state index is 13.2. The molecule has 0 bridgehead atoms. The molecule has 0 fully saturated rings. The molecule has 1 amide bonds. The topological polar surface area (TPSA) is 78.5 Å². The molecule has 0 radical (unpaired) electrons. The van der Waals surface area contributed by atoms with Gasteiger partial charge in [-0.15, -0.1) is 0 Å². The van der Waals surface area contributed by atoms with E-state index in [1.165, 1.54) is 14.1 Å². The van der Waals surface area contributed by atoms with E-state index >= 15 is 0 Å². The van der Waals surface area contributed by atoms with Gasteiger partial charge in [-0.3, -0.25) is 4.79 Å². The molecule has 0 aliphatic rings. The number of carbonyl (C=O) groups is 1. The molecule has 19 heavy (non-hydrogen) atoms. The number of amides is 1. The van der Waals surface area contributed by atoms with Crippen molar-refractivity contribution >= 4 is 21.8 Å². The van der Waals surface area contributed by atoms with Crippen LogP contribution in [0.2, 0.25) is 0 Å². The third-order valence-electron chi connectivity index (χ3n) is 2.10. The molecule has 0 saturated carbocycles. The molecule has 2 N–H and O–H groups in total. The highest BCUT2D eigenvalue weighted by molar-refractivity contribution is 7.87. The SMILES string of the molecule is CN(C)S(=O)(=O)NCC(=O)Nc1ccc(F)cc1F. The van der Waals surface area contributed by atoms with Gasteiger partial charge in [0.25, 0.3) is 10.2 Å². The van der Waals surface area contributed by atoms with Crippen LogP contribution >= 0.6 is 0 Å². The molecule has 0 saturated heterocycles. The molecular formula is C10H13F2N3O3S. The summed E-state index contributed by atoms with van der Waals surface area (Å²) in [4.78, 5) is 11.4. The van der Waals surface area contributed by atoms with Crippen molar-refractivity contribution in [2.45, 2.75) is 0 Å². The predicted molar refractivity (Wildman–Crippen MR) is 65.6 cm³/mol. The van der Waals surface area contributed by atoms with Crippen molar-refractivity contribution in [1.82, 2.24) is 9.03 Å². The van der Waals surface area contributed by atoms with Crippen molar-refractivity contribution < 1.29 is 22.0 Å². The number of benzene rings is 1. The molecule has 0 aromatic heterocycles. The summed E-state index contributed by atoms with van der Waals surface area (Å²) in [6, 6.07) is 2.63. The Balaban J connectivity index is 2.62. The van der Waals surface area contributed by atoms with Gasteiger partial charge in [0.2, 0.25) is 5.91 Å². The summed E-state index contributed by atoms with van der Waals surface area (Å²) in [5.74, 6) is -2.48. The van der Waals surface area contributed by atoms with E-state index < -0.39 is 34.3 Å². The predicted octanol–water partition coefficient (Wildman–Crippen LogP) is 0.299. The van der Waals surface area contributed by atoms with Gasteiger partial charge in [0.15, 0.2) is 0 Å². The highest BCUT2D eigenvalue weighted by atomic mass is 32.2. The maximum atomic E-state index is 13.2. The van der Waals surface area contributed by atoms with Crippen LogP contribution in [0.25, 0.3) is 0 Å². The molecule has 6 nitrogen and oxygen atoms in total. The van der Waals surface area contributed by atoms with Gasteiger partial charge in [-0.05, 0) is 12.1 Å². The monoisotopic (exact) mass is 293 g/mol. The largest absolute Gasteiger partial charge is 0.322 e. The summed E-state index contributed by atoms with van der Waals surface area (Å²) in [6.45, 7) is -0.558. The Morgan fingerprint density at radius 2 is 1.95 bits per heavy atom. The van der Waals surface area contributed by atoms with Crippen LogP contribution in [0.4, 0.5) is 14.5 Å². The molecule has 1 rings (SSSR count). The van der Waals surface area contributed by atoms with Gasteiger partial charge < -0.3 is 5.32 Å². The first-order chi connectivity index (χ1) is 8.72. The van der Waals surface area contributed by atoms with Gasteiger partial charge >= 0.3 is 0 Å². The minimum atomic E-state index is -3.73. The van der Waals surface area contributed by atoms with E-state index in [0.29, 0.717) is 6.07 Å². The molecule has 0 heterocycles. The summed E-state index contributed by atoms with van der Waals surface area (Å²) in [6.07, 6.45) is 0. The van der Waals surface area contributed by atoms with E-state index in [0.717, 1.165) is 16.4 Å². The zero-order valence-electron chi connectivity index (χ0n) is 10.3. The molecule has 1 aromatic carbocycles. The molecule has 1 aromatic rings. The summed E-state index contributed by atoms with van der Waals surface area (Å²) < 4.78 is 51.3. The zero-order chi connectivity index (χ0) is 14.6. The number of hydrogen-bond acceptors (Lipinski definition) is 3. The quantitative estimate of drug-likeness (QED) is 0.819. The summed E-state index contributed by atoms with van der Waals surface area (Å²) in [7, 11) is -1.15.